The zero-order valence-corrected chi connectivity index (χ0v) is 21.7. The molecular weight excluding hydrogens is 464 g/mol. The van der Waals surface area contributed by atoms with Gasteiger partial charge in [-0.25, -0.2) is 9.59 Å². The van der Waals surface area contributed by atoms with Crippen molar-refractivity contribution in [1.82, 2.24) is 0 Å². The van der Waals surface area contributed by atoms with Crippen molar-refractivity contribution in [3.8, 4) is 0 Å². The third kappa shape index (κ3) is 10.2. The van der Waals surface area contributed by atoms with Gasteiger partial charge in [0.05, 0.1) is 5.56 Å². The molecule has 0 aromatic heterocycles. The van der Waals surface area contributed by atoms with Crippen LogP contribution in [0.15, 0.2) is 61.2 Å². The molecule has 0 unspecified atom stereocenters. The van der Waals surface area contributed by atoms with E-state index in [1.54, 1.807) is 48.5 Å². The van der Waals surface area contributed by atoms with Crippen LogP contribution in [0.1, 0.15) is 85.7 Å². The Morgan fingerprint density at radius 2 is 1.59 bits per heavy atom. The maximum Gasteiger partial charge on any atom is 0.338 e. The van der Waals surface area contributed by atoms with Gasteiger partial charge in [0.25, 0.3) is 0 Å². The number of hydrogen-bond donors (Lipinski definition) is 2. The number of unbranched alkanes of at least 4 members (excludes halogenated alkanes) is 4. The second-order valence-electron chi connectivity index (χ2n) is 9.90. The quantitative estimate of drug-likeness (QED) is 0.102. The van der Waals surface area contributed by atoms with Crippen LogP contribution in [-0.2, 0) is 20.9 Å². The summed E-state index contributed by atoms with van der Waals surface area (Å²) >= 11 is 0. The zero-order valence-electron chi connectivity index (χ0n) is 21.7. The van der Waals surface area contributed by atoms with E-state index in [2.05, 4.69) is 6.58 Å². The van der Waals surface area contributed by atoms with Crippen molar-refractivity contribution in [3.63, 3.8) is 0 Å². The Morgan fingerprint density at radius 1 is 0.919 bits per heavy atom. The molecule has 3 rings (SSSR count). The highest BCUT2D eigenvalue weighted by atomic mass is 16.5. The molecule has 0 radical (unpaired) electrons. The summed E-state index contributed by atoms with van der Waals surface area (Å²) in [6, 6.07) is 12.1. The summed E-state index contributed by atoms with van der Waals surface area (Å²) < 4.78 is 11.0. The molecule has 37 heavy (non-hydrogen) atoms. The van der Waals surface area contributed by atoms with Gasteiger partial charge in [0.15, 0.2) is 0 Å². The molecule has 6 nitrogen and oxygen atoms in total. The fourth-order valence-corrected chi connectivity index (χ4v) is 4.76. The standard InChI is InChI=1S/C31H40N2O4/c1-2-3-4-5-6-7-8-23-11-16-29(17-12-23)37-31(35)26-14-9-24(10-15-26)13-18-30(34)36-22-25-19-27(32)21-28(33)20-25/h2,9-10,13-15,18-21,23,29H,1,3-8,11-12,16-17,22,32-33H2/b18-13+. The molecule has 0 saturated heterocycles. The first kappa shape index (κ1) is 28.0. The minimum atomic E-state index is -0.479. The van der Waals surface area contributed by atoms with Crippen molar-refractivity contribution in [3.05, 3.63) is 77.9 Å². The Balaban J connectivity index is 1.36. The highest BCUT2D eigenvalue weighted by molar-refractivity contribution is 5.90. The molecule has 0 amide bonds. The van der Waals surface area contributed by atoms with E-state index in [0.29, 0.717) is 16.9 Å². The number of ether oxygens (including phenoxy) is 2. The first-order valence-electron chi connectivity index (χ1n) is 13.3. The lowest BCUT2D eigenvalue weighted by Crippen LogP contribution is -2.24. The minimum absolute atomic E-state index is 0.000925. The van der Waals surface area contributed by atoms with Crippen LogP contribution in [-0.4, -0.2) is 18.0 Å². The second-order valence-corrected chi connectivity index (χ2v) is 9.90. The van der Waals surface area contributed by atoms with E-state index >= 15 is 0 Å². The van der Waals surface area contributed by atoms with E-state index in [9.17, 15) is 9.59 Å². The highest BCUT2D eigenvalue weighted by Crippen LogP contribution is 2.30. The number of hydrogen-bond acceptors (Lipinski definition) is 6. The van der Waals surface area contributed by atoms with E-state index in [-0.39, 0.29) is 18.7 Å². The van der Waals surface area contributed by atoms with Gasteiger partial charge in [-0.05, 0) is 92.0 Å². The first-order chi connectivity index (χ1) is 17.9. The van der Waals surface area contributed by atoms with Gasteiger partial charge >= 0.3 is 11.9 Å². The van der Waals surface area contributed by atoms with Crippen LogP contribution in [0.3, 0.4) is 0 Å². The number of rotatable bonds is 13. The van der Waals surface area contributed by atoms with Crippen LogP contribution in [0.5, 0.6) is 0 Å². The van der Waals surface area contributed by atoms with Crippen LogP contribution in [0, 0.1) is 5.92 Å². The Labute approximate surface area is 220 Å². The van der Waals surface area contributed by atoms with Gasteiger partial charge < -0.3 is 20.9 Å². The first-order valence-corrected chi connectivity index (χ1v) is 13.3. The summed E-state index contributed by atoms with van der Waals surface area (Å²) in [5.74, 6) is -0.00845. The van der Waals surface area contributed by atoms with Gasteiger partial charge in [-0.3, -0.25) is 0 Å². The zero-order chi connectivity index (χ0) is 26.5. The molecule has 6 heteroatoms. The van der Waals surface area contributed by atoms with Crippen molar-refractivity contribution >= 4 is 29.4 Å². The fraction of sp³-hybridized carbons (Fsp3) is 0.419. The maximum atomic E-state index is 12.6. The summed E-state index contributed by atoms with van der Waals surface area (Å²) in [5.41, 5.74) is 14.6. The molecule has 198 valence electrons. The lowest BCUT2D eigenvalue weighted by atomic mass is 9.84. The van der Waals surface area contributed by atoms with Crippen molar-refractivity contribution in [2.75, 3.05) is 11.5 Å². The van der Waals surface area contributed by atoms with E-state index in [0.717, 1.165) is 49.1 Å². The number of carbonyl (C=O) groups excluding carboxylic acids is 2. The van der Waals surface area contributed by atoms with Gasteiger partial charge in [-0.1, -0.05) is 43.9 Å². The van der Waals surface area contributed by atoms with Gasteiger partial charge in [0, 0.05) is 17.5 Å². The number of esters is 2. The summed E-state index contributed by atoms with van der Waals surface area (Å²) in [6.45, 7) is 3.86. The third-order valence-electron chi connectivity index (χ3n) is 6.81. The predicted molar refractivity (Wildman–Crippen MR) is 150 cm³/mol. The topological polar surface area (TPSA) is 105 Å². The van der Waals surface area contributed by atoms with E-state index < -0.39 is 5.97 Å². The number of carbonyl (C=O) groups is 2. The Morgan fingerprint density at radius 3 is 2.27 bits per heavy atom. The molecule has 2 aromatic rings. The summed E-state index contributed by atoms with van der Waals surface area (Å²) in [6.07, 6.45) is 16.7. The summed E-state index contributed by atoms with van der Waals surface area (Å²) in [7, 11) is 0. The Hall–Kier alpha value is -3.54. The highest BCUT2D eigenvalue weighted by Gasteiger charge is 2.24. The molecule has 4 N–H and O–H groups in total. The monoisotopic (exact) mass is 504 g/mol. The predicted octanol–water partition coefficient (Wildman–Crippen LogP) is 6.85. The molecule has 0 aliphatic heterocycles. The smallest absolute Gasteiger partial charge is 0.338 e. The van der Waals surface area contributed by atoms with E-state index in [4.69, 9.17) is 20.9 Å². The maximum absolute atomic E-state index is 12.6. The average molecular weight is 505 g/mol. The minimum Gasteiger partial charge on any atom is -0.459 e. The molecule has 0 spiro atoms. The lowest BCUT2D eigenvalue weighted by molar-refractivity contribution is -0.138. The number of anilines is 2. The molecule has 1 fully saturated rings. The van der Waals surface area contributed by atoms with E-state index in [1.807, 2.05) is 6.08 Å². The van der Waals surface area contributed by atoms with Crippen LogP contribution >= 0.6 is 0 Å². The second kappa shape index (κ2) is 14.9. The van der Waals surface area contributed by atoms with E-state index in [1.165, 1.54) is 38.2 Å². The van der Waals surface area contributed by atoms with Crippen LogP contribution in [0.4, 0.5) is 11.4 Å². The molecule has 2 aromatic carbocycles. The molecule has 1 aliphatic carbocycles. The molecule has 0 heterocycles. The molecule has 0 atom stereocenters. The number of nitrogens with two attached hydrogens (primary N) is 2. The summed E-state index contributed by atoms with van der Waals surface area (Å²) in [5, 5.41) is 0. The fourth-order valence-electron chi connectivity index (χ4n) is 4.76. The molecular formula is C31H40N2O4. The van der Waals surface area contributed by atoms with Gasteiger partial charge in [0.2, 0.25) is 0 Å². The van der Waals surface area contributed by atoms with Gasteiger partial charge in [-0.15, -0.1) is 6.58 Å². The molecule has 1 saturated carbocycles. The third-order valence-corrected chi connectivity index (χ3v) is 6.81. The van der Waals surface area contributed by atoms with Crippen molar-refractivity contribution in [2.24, 2.45) is 5.92 Å². The number of benzene rings is 2. The van der Waals surface area contributed by atoms with Crippen molar-refractivity contribution < 1.29 is 19.1 Å². The normalized spacial score (nSPS) is 17.4. The Kier molecular flexibility index (Phi) is 11.3. The average Bonchev–Trinajstić information content (AvgIpc) is 2.89. The Bertz CT molecular complexity index is 1030. The molecule has 1 aliphatic rings. The number of allylic oxidation sites excluding steroid dienone is 1. The van der Waals surface area contributed by atoms with Crippen LogP contribution < -0.4 is 11.5 Å². The van der Waals surface area contributed by atoms with Crippen molar-refractivity contribution in [1.29, 1.82) is 0 Å². The van der Waals surface area contributed by atoms with Crippen LogP contribution in [0.2, 0.25) is 0 Å². The number of nitrogen functional groups attached to an aromatic ring is 2. The molecule has 0 bridgehead atoms. The SMILES string of the molecule is C=CCCCCCCC1CCC(OC(=O)c2ccc(/C=C/C(=O)OCc3cc(N)cc(N)c3)cc2)CC1. The largest absolute Gasteiger partial charge is 0.459 e. The summed E-state index contributed by atoms with van der Waals surface area (Å²) in [4.78, 5) is 24.6. The van der Waals surface area contributed by atoms with Crippen molar-refractivity contribution in [2.45, 2.75) is 76.9 Å². The van der Waals surface area contributed by atoms with Gasteiger partial charge in [0.1, 0.15) is 12.7 Å². The lowest BCUT2D eigenvalue weighted by Gasteiger charge is -2.28. The van der Waals surface area contributed by atoms with Gasteiger partial charge in [-0.2, -0.15) is 0 Å². The van der Waals surface area contributed by atoms with Crippen LogP contribution in [0.25, 0.3) is 6.08 Å².